The molecule has 0 bridgehead atoms. The standard InChI is InChI=1S/C65H78N4O12S2/c1-9-21-79-40-53(70)33-49(64(73)76-8)41-82-83-65(3,4)42-67(20-22-77-25-26-78-24-23-74-6)51-29-44(38-80-59-34-46-18-19-50-31-47-14-10-12-16-56(47)68(50)62(71)54(46)27-43(59)2)28-45(30-51)39-81-61-36-58-55(35-60(61)75-7)63(72)69-52(37-66(58)5)32-48-15-11-13-17-57(48)69/h10-17,27-30,34-36,49-50,52H,9,18-26,31-33,38-42H2,1-8H3/t49?,50-,52+/m1/s1. The number of amides is 2. The Bertz CT molecular complexity index is 3170. The largest absolute Gasteiger partial charge is 0.493 e. The molecule has 0 N–H and O–H groups in total. The van der Waals surface area contributed by atoms with Gasteiger partial charge in [0.1, 0.15) is 38.4 Å². The predicted molar refractivity (Wildman–Crippen MR) is 326 cm³/mol. The van der Waals surface area contributed by atoms with E-state index in [0.29, 0.717) is 99.0 Å². The molecule has 0 saturated heterocycles. The molecule has 9 rings (SSSR count). The van der Waals surface area contributed by atoms with Crippen molar-refractivity contribution in [2.24, 2.45) is 5.92 Å². The van der Waals surface area contributed by atoms with Gasteiger partial charge in [0, 0.05) is 90.2 Å². The van der Waals surface area contributed by atoms with Crippen molar-refractivity contribution in [3.8, 4) is 17.2 Å². The number of esters is 1. The summed E-state index contributed by atoms with van der Waals surface area (Å²) in [4.78, 5) is 60.7. The zero-order valence-corrected chi connectivity index (χ0v) is 50.8. The number of anilines is 3. The highest BCUT2D eigenvalue weighted by Crippen LogP contribution is 2.43. The fourth-order valence-corrected chi connectivity index (χ4v) is 14.1. The lowest BCUT2D eigenvalue weighted by atomic mass is 9.98. The highest BCUT2D eigenvalue weighted by Gasteiger charge is 2.39. The molecule has 442 valence electrons. The van der Waals surface area contributed by atoms with Crippen molar-refractivity contribution in [2.45, 2.75) is 96.3 Å². The van der Waals surface area contributed by atoms with Crippen LogP contribution in [-0.2, 0) is 65.7 Å². The third kappa shape index (κ3) is 14.9. The fraction of sp³-hybridized carbons (Fsp3) is 0.462. The Balaban J connectivity index is 1.00. The van der Waals surface area contributed by atoms with Gasteiger partial charge in [0.05, 0.1) is 58.9 Å². The summed E-state index contributed by atoms with van der Waals surface area (Å²) >= 11 is 0. The molecule has 83 heavy (non-hydrogen) atoms. The number of ketones is 1. The van der Waals surface area contributed by atoms with Crippen molar-refractivity contribution in [1.82, 2.24) is 0 Å². The molecule has 0 radical (unpaired) electrons. The highest BCUT2D eigenvalue weighted by atomic mass is 33.1. The second kappa shape index (κ2) is 28.4. The first-order valence-electron chi connectivity index (χ1n) is 28.6. The molecular formula is C65H78N4O12S2. The van der Waals surface area contributed by atoms with Crippen molar-refractivity contribution in [3.63, 3.8) is 0 Å². The fourth-order valence-electron chi connectivity index (χ4n) is 11.3. The molecule has 4 aliphatic heterocycles. The normalized spacial score (nSPS) is 16.4. The Morgan fingerprint density at radius 3 is 2.14 bits per heavy atom. The lowest BCUT2D eigenvalue weighted by molar-refractivity contribution is -0.401. The van der Waals surface area contributed by atoms with Crippen molar-refractivity contribution in [3.05, 3.63) is 136 Å². The van der Waals surface area contributed by atoms with Gasteiger partial charge in [-0.3, -0.25) is 19.2 Å². The third-order valence-electron chi connectivity index (χ3n) is 15.3. The predicted octanol–water partition coefficient (Wildman–Crippen LogP) is 10.3. The van der Waals surface area contributed by atoms with Crippen LogP contribution in [0.1, 0.15) is 94.1 Å². The van der Waals surface area contributed by atoms with E-state index in [-0.39, 0.29) is 55.9 Å². The van der Waals surface area contributed by atoms with Crippen molar-refractivity contribution in [1.29, 1.82) is 0 Å². The van der Waals surface area contributed by atoms with Gasteiger partial charge in [-0.05, 0) is 141 Å². The van der Waals surface area contributed by atoms with Gasteiger partial charge in [0.2, 0.25) is 5.91 Å². The van der Waals surface area contributed by atoms with E-state index in [4.69, 9.17) is 37.9 Å². The molecule has 18 heteroatoms. The molecule has 5 aromatic rings. The van der Waals surface area contributed by atoms with E-state index >= 15 is 0 Å². The molecule has 2 amide bonds. The smallest absolute Gasteiger partial charge is 0.309 e. The number of carbonyl (C=O) groups excluding carboxylic acids is 4. The molecule has 0 spiro atoms. The number of para-hydroxylation sites is 2. The number of carbonyl (C=O) groups is 4. The molecule has 4 heterocycles. The number of hydrogen-bond donors (Lipinski definition) is 0. The molecule has 4 aliphatic rings. The SMILES string of the molecule is CCCOCC(=O)CC(CSSC(C)(C)CN(CCOCCOCCOC)c1cc(COc2cc3c(cc2C)C(=O)N2c4ccccc4C[C@H]2CC3)cc(COc2cc3c(cc2OC)C(=O)N2c4ccccc4C[C@H]2[C-]=[N+]3C)c1)C(=O)OC. The zero-order chi connectivity index (χ0) is 58.6. The maximum absolute atomic E-state index is 14.4. The number of ether oxygens (including phenoxy) is 8. The summed E-state index contributed by atoms with van der Waals surface area (Å²) in [7, 11) is 9.66. The topological polar surface area (TPSA) is 155 Å². The van der Waals surface area contributed by atoms with Crippen LogP contribution < -0.4 is 28.9 Å². The van der Waals surface area contributed by atoms with Gasteiger partial charge in [-0.15, -0.1) is 0 Å². The minimum Gasteiger partial charge on any atom is -0.493 e. The minimum atomic E-state index is -0.621. The van der Waals surface area contributed by atoms with Gasteiger partial charge in [-0.2, -0.15) is 0 Å². The maximum atomic E-state index is 14.4. The van der Waals surface area contributed by atoms with Gasteiger partial charge in [-0.1, -0.05) is 64.9 Å². The number of aryl methyl sites for hydroxylation is 2. The Morgan fingerprint density at radius 2 is 1.43 bits per heavy atom. The molecule has 0 fully saturated rings. The third-order valence-corrected chi connectivity index (χ3v) is 18.7. The quantitative estimate of drug-likeness (QED) is 0.0141. The molecule has 5 aromatic carbocycles. The van der Waals surface area contributed by atoms with Gasteiger partial charge < -0.3 is 57.2 Å². The molecule has 1 unspecified atom stereocenters. The van der Waals surface area contributed by atoms with Crippen LogP contribution in [0.5, 0.6) is 17.2 Å². The van der Waals surface area contributed by atoms with Crippen LogP contribution in [0.2, 0.25) is 0 Å². The van der Waals surface area contributed by atoms with Crippen molar-refractivity contribution < 1.29 is 61.6 Å². The van der Waals surface area contributed by atoms with Crippen LogP contribution in [-0.4, -0.2) is 145 Å². The second-order valence-electron chi connectivity index (χ2n) is 22.1. The van der Waals surface area contributed by atoms with Crippen LogP contribution in [0.25, 0.3) is 0 Å². The number of hydrogen-bond acceptors (Lipinski definition) is 15. The Kier molecular flexibility index (Phi) is 21.0. The summed E-state index contributed by atoms with van der Waals surface area (Å²) in [5.74, 6) is 0.682. The summed E-state index contributed by atoms with van der Waals surface area (Å²) < 4.78 is 48.7. The average molecular weight is 1170 g/mol. The number of benzene rings is 5. The lowest BCUT2D eigenvalue weighted by Gasteiger charge is -2.34. The van der Waals surface area contributed by atoms with Crippen LogP contribution in [0.4, 0.5) is 22.7 Å². The number of methoxy groups -OCH3 is 3. The summed E-state index contributed by atoms with van der Waals surface area (Å²) in [5.41, 5.74) is 10.5. The Morgan fingerprint density at radius 1 is 0.759 bits per heavy atom. The van der Waals surface area contributed by atoms with Crippen LogP contribution >= 0.6 is 21.6 Å². The van der Waals surface area contributed by atoms with E-state index in [1.165, 1.54) is 12.7 Å². The highest BCUT2D eigenvalue weighted by molar-refractivity contribution is 8.77. The Hall–Kier alpha value is -6.41. The first kappa shape index (κ1) is 61.2. The maximum Gasteiger partial charge on any atom is 0.309 e. The molecule has 0 aromatic heterocycles. The molecule has 3 atom stereocenters. The molecular weight excluding hydrogens is 1090 g/mol. The van der Waals surface area contributed by atoms with E-state index in [2.05, 4.69) is 61.4 Å². The number of rotatable bonds is 30. The average Bonchev–Trinajstić information content (AvgIpc) is 4.21. The van der Waals surface area contributed by atoms with Gasteiger partial charge in [0.15, 0.2) is 11.5 Å². The first-order valence-corrected chi connectivity index (χ1v) is 30.9. The van der Waals surface area contributed by atoms with Gasteiger partial charge >= 0.3 is 5.97 Å². The first-order chi connectivity index (χ1) is 40.2. The van der Waals surface area contributed by atoms with E-state index in [1.807, 2.05) is 83.8 Å². The molecule has 16 nitrogen and oxygen atoms in total. The number of nitrogens with zero attached hydrogens (tertiary/aromatic N) is 4. The minimum absolute atomic E-state index is 0.0274. The number of fused-ring (bicyclic) bond motifs is 8. The van der Waals surface area contributed by atoms with Crippen molar-refractivity contribution in [2.75, 3.05) is 108 Å². The van der Waals surface area contributed by atoms with Crippen LogP contribution in [0.3, 0.4) is 0 Å². The van der Waals surface area contributed by atoms with Crippen LogP contribution in [0.15, 0.2) is 91.0 Å². The monoisotopic (exact) mass is 1170 g/mol. The summed E-state index contributed by atoms with van der Waals surface area (Å²) in [5, 5.41) is 0. The second-order valence-corrected chi connectivity index (χ2v) is 25.1. The van der Waals surface area contributed by atoms with Crippen molar-refractivity contribution >= 4 is 74.1 Å². The van der Waals surface area contributed by atoms with E-state index in [1.54, 1.807) is 41.9 Å². The zero-order valence-electron chi connectivity index (χ0n) is 49.1. The van der Waals surface area contributed by atoms with Crippen LogP contribution in [0, 0.1) is 12.8 Å². The summed E-state index contributed by atoms with van der Waals surface area (Å²) in [6.45, 7) is 12.4. The van der Waals surface area contributed by atoms with E-state index in [9.17, 15) is 19.2 Å². The van der Waals surface area contributed by atoms with Gasteiger partial charge in [-0.25, -0.2) is 0 Å². The summed E-state index contributed by atoms with van der Waals surface area (Å²) in [6, 6.07) is 30.0. The van der Waals surface area contributed by atoms with Gasteiger partial charge in [0.25, 0.3) is 5.91 Å². The Labute approximate surface area is 496 Å². The molecule has 0 saturated carbocycles. The summed E-state index contributed by atoms with van der Waals surface area (Å²) in [6.07, 6.45) is 7.48. The number of Topliss-reactive ketones (excluding diaryl/α,β-unsaturated/α-hetero) is 1. The lowest BCUT2D eigenvalue weighted by Crippen LogP contribution is -2.39. The molecule has 0 aliphatic carbocycles. The van der Waals surface area contributed by atoms with E-state index < -0.39 is 16.6 Å². The van der Waals surface area contributed by atoms with E-state index in [0.717, 1.165) is 70.6 Å².